The molecule has 3 rings (SSSR count). The van der Waals surface area contributed by atoms with E-state index < -0.39 is 33.9 Å². The fourth-order valence-corrected chi connectivity index (χ4v) is 4.65. The number of nitrogens with zero attached hydrogens (tertiary/aromatic N) is 3. The second kappa shape index (κ2) is 7.51. The van der Waals surface area contributed by atoms with Gasteiger partial charge in [0.05, 0.1) is 4.90 Å². The number of anilines is 1. The normalized spacial score (nSPS) is 16.1. The quantitative estimate of drug-likeness (QED) is 0.795. The van der Waals surface area contributed by atoms with Gasteiger partial charge >= 0.3 is 6.18 Å². The van der Waals surface area contributed by atoms with Gasteiger partial charge in [0.1, 0.15) is 0 Å². The molecule has 0 bridgehead atoms. The summed E-state index contributed by atoms with van der Waals surface area (Å²) in [6.07, 6.45) is -2.23. The van der Waals surface area contributed by atoms with Gasteiger partial charge in [-0.2, -0.15) is 22.5 Å². The number of benzene rings is 1. The number of sulfonamides is 1. The highest BCUT2D eigenvalue weighted by molar-refractivity contribution is 7.89. The Morgan fingerprint density at radius 1 is 1.21 bits per heavy atom. The molecule has 0 unspecified atom stereocenters. The van der Waals surface area contributed by atoms with Crippen molar-refractivity contribution in [3.8, 4) is 0 Å². The van der Waals surface area contributed by atoms with Crippen molar-refractivity contribution >= 4 is 21.9 Å². The molecule has 1 fully saturated rings. The van der Waals surface area contributed by atoms with Gasteiger partial charge in [0.25, 0.3) is 5.91 Å². The third-order valence-electron chi connectivity index (χ3n) is 4.36. The van der Waals surface area contributed by atoms with Crippen molar-refractivity contribution in [2.24, 2.45) is 0 Å². The first-order valence-corrected chi connectivity index (χ1v) is 9.95. The fraction of sp³-hybridized carbons (Fsp3) is 0.438. The van der Waals surface area contributed by atoms with E-state index in [0.29, 0.717) is 18.7 Å². The maximum Gasteiger partial charge on any atom is 0.451 e. The van der Waals surface area contributed by atoms with Crippen LogP contribution in [0.4, 0.5) is 19.1 Å². The van der Waals surface area contributed by atoms with Gasteiger partial charge in [-0.15, -0.1) is 5.10 Å². The monoisotopic (exact) mass is 417 g/mol. The number of aromatic nitrogens is 3. The Labute approximate surface area is 159 Å². The third kappa shape index (κ3) is 4.17. The zero-order valence-corrected chi connectivity index (χ0v) is 15.7. The lowest BCUT2D eigenvalue weighted by molar-refractivity contribution is -0.144. The summed E-state index contributed by atoms with van der Waals surface area (Å²) in [5, 5.41) is 7.11. The van der Waals surface area contributed by atoms with Crippen molar-refractivity contribution in [1.82, 2.24) is 19.5 Å². The van der Waals surface area contributed by atoms with Crippen molar-refractivity contribution in [2.45, 2.75) is 37.3 Å². The Balaban J connectivity index is 1.84. The molecule has 0 aliphatic carbocycles. The Hall–Kier alpha value is -2.47. The standard InChI is InChI=1S/C16H18F3N5O3S/c1-10-5-6-11(9-12(10)28(26,27)24-7-3-2-4-8-24)13(25)20-15-21-14(22-23-15)16(17,18)19/h5-6,9H,2-4,7-8H2,1H3,(H2,20,21,22,23,25). The van der Waals surface area contributed by atoms with Crippen LogP contribution in [0.2, 0.25) is 0 Å². The SMILES string of the molecule is Cc1ccc(C(=O)Nc2n[nH]c(C(F)(F)F)n2)cc1S(=O)(=O)N1CCCCC1. The molecule has 1 amide bonds. The van der Waals surface area contributed by atoms with E-state index in [-0.39, 0.29) is 10.5 Å². The van der Waals surface area contributed by atoms with Crippen LogP contribution in [0.3, 0.4) is 0 Å². The van der Waals surface area contributed by atoms with Crippen molar-refractivity contribution in [2.75, 3.05) is 18.4 Å². The number of piperidine rings is 1. The number of aryl methyl sites for hydroxylation is 1. The minimum absolute atomic E-state index is 0.00647. The summed E-state index contributed by atoms with van der Waals surface area (Å²) in [6.45, 7) is 2.44. The van der Waals surface area contributed by atoms with Crippen LogP contribution >= 0.6 is 0 Å². The van der Waals surface area contributed by atoms with E-state index in [1.54, 1.807) is 12.0 Å². The summed E-state index contributed by atoms with van der Waals surface area (Å²) in [6, 6.07) is 4.08. The largest absolute Gasteiger partial charge is 0.451 e. The Bertz CT molecular complexity index is 982. The molecule has 1 aromatic heterocycles. The minimum Gasteiger partial charge on any atom is -0.289 e. The van der Waals surface area contributed by atoms with E-state index in [1.165, 1.54) is 22.5 Å². The number of carbonyl (C=O) groups excluding carboxylic acids is 1. The minimum atomic E-state index is -4.73. The van der Waals surface area contributed by atoms with Crippen molar-refractivity contribution in [3.63, 3.8) is 0 Å². The number of rotatable bonds is 4. The van der Waals surface area contributed by atoms with Crippen LogP contribution in [0.5, 0.6) is 0 Å². The first-order valence-electron chi connectivity index (χ1n) is 8.51. The predicted molar refractivity (Wildman–Crippen MR) is 93.1 cm³/mol. The summed E-state index contributed by atoms with van der Waals surface area (Å²) >= 11 is 0. The van der Waals surface area contributed by atoms with Crippen molar-refractivity contribution < 1.29 is 26.4 Å². The lowest BCUT2D eigenvalue weighted by atomic mass is 10.1. The molecule has 0 saturated carbocycles. The van der Waals surface area contributed by atoms with Gasteiger partial charge in [0.15, 0.2) is 0 Å². The van der Waals surface area contributed by atoms with Crippen LogP contribution in [-0.2, 0) is 16.2 Å². The predicted octanol–water partition coefficient (Wildman–Crippen LogP) is 2.56. The van der Waals surface area contributed by atoms with Crippen molar-refractivity contribution in [1.29, 1.82) is 0 Å². The molecular formula is C16H18F3N5O3S. The number of amides is 1. The van der Waals surface area contributed by atoms with Crippen LogP contribution in [-0.4, -0.2) is 46.9 Å². The average molecular weight is 417 g/mol. The van der Waals surface area contributed by atoms with Crippen LogP contribution in [0.15, 0.2) is 23.1 Å². The first kappa shape index (κ1) is 20.3. The highest BCUT2D eigenvalue weighted by atomic mass is 32.2. The summed E-state index contributed by atoms with van der Waals surface area (Å²) in [5.74, 6) is -2.72. The second-order valence-corrected chi connectivity index (χ2v) is 8.31. The molecule has 0 spiro atoms. The first-order chi connectivity index (χ1) is 13.1. The average Bonchev–Trinajstić information content (AvgIpc) is 3.11. The molecule has 8 nitrogen and oxygen atoms in total. The molecule has 2 N–H and O–H groups in total. The topological polar surface area (TPSA) is 108 Å². The highest BCUT2D eigenvalue weighted by Gasteiger charge is 2.35. The van der Waals surface area contributed by atoms with Gasteiger partial charge in [-0.05, 0) is 37.5 Å². The second-order valence-electron chi connectivity index (χ2n) is 6.40. The smallest absolute Gasteiger partial charge is 0.289 e. The zero-order chi connectivity index (χ0) is 20.5. The summed E-state index contributed by atoms with van der Waals surface area (Å²) in [7, 11) is -3.77. The number of aromatic amines is 1. The summed E-state index contributed by atoms with van der Waals surface area (Å²) in [4.78, 5) is 15.5. The third-order valence-corrected chi connectivity index (χ3v) is 6.40. The molecule has 0 radical (unpaired) electrons. The van der Waals surface area contributed by atoms with Crippen LogP contribution in [0.1, 0.15) is 41.0 Å². The molecule has 1 aliphatic rings. The van der Waals surface area contributed by atoms with E-state index in [4.69, 9.17) is 0 Å². The molecule has 1 aliphatic heterocycles. The molecule has 28 heavy (non-hydrogen) atoms. The summed E-state index contributed by atoms with van der Waals surface area (Å²) < 4.78 is 64.8. The van der Waals surface area contributed by atoms with Crippen molar-refractivity contribution in [3.05, 3.63) is 35.2 Å². The molecular weight excluding hydrogens is 399 g/mol. The molecule has 2 heterocycles. The van der Waals surface area contributed by atoms with Gasteiger partial charge in [-0.1, -0.05) is 12.5 Å². The number of hydrogen-bond donors (Lipinski definition) is 2. The molecule has 1 aromatic carbocycles. The molecule has 2 aromatic rings. The molecule has 12 heteroatoms. The number of alkyl halides is 3. The van der Waals surface area contributed by atoms with Crippen LogP contribution in [0, 0.1) is 6.92 Å². The van der Waals surface area contributed by atoms with Gasteiger partial charge in [0, 0.05) is 18.7 Å². The molecule has 1 saturated heterocycles. The Morgan fingerprint density at radius 2 is 1.89 bits per heavy atom. The van der Waals surface area contributed by atoms with Gasteiger partial charge in [0.2, 0.25) is 21.8 Å². The number of carbonyl (C=O) groups is 1. The van der Waals surface area contributed by atoms with E-state index in [0.717, 1.165) is 19.3 Å². The Kier molecular flexibility index (Phi) is 5.44. The molecule has 0 atom stereocenters. The van der Waals surface area contributed by atoms with E-state index in [9.17, 15) is 26.4 Å². The fourth-order valence-electron chi connectivity index (χ4n) is 2.88. The van der Waals surface area contributed by atoms with Gasteiger partial charge in [-0.3, -0.25) is 15.2 Å². The lowest BCUT2D eigenvalue weighted by Crippen LogP contribution is -2.36. The number of H-pyrrole nitrogens is 1. The van der Waals surface area contributed by atoms with Crippen LogP contribution in [0.25, 0.3) is 0 Å². The van der Waals surface area contributed by atoms with Gasteiger partial charge < -0.3 is 0 Å². The van der Waals surface area contributed by atoms with Gasteiger partial charge in [-0.25, -0.2) is 8.42 Å². The number of hydrogen-bond acceptors (Lipinski definition) is 5. The van der Waals surface area contributed by atoms with E-state index in [1.807, 2.05) is 0 Å². The van der Waals surface area contributed by atoms with E-state index >= 15 is 0 Å². The Morgan fingerprint density at radius 3 is 2.50 bits per heavy atom. The maximum absolute atomic E-state index is 12.9. The molecule has 152 valence electrons. The highest BCUT2D eigenvalue weighted by Crippen LogP contribution is 2.27. The van der Waals surface area contributed by atoms with E-state index in [2.05, 4.69) is 15.4 Å². The number of halogens is 3. The number of nitrogens with one attached hydrogen (secondary N) is 2. The zero-order valence-electron chi connectivity index (χ0n) is 14.9. The maximum atomic E-state index is 12.9. The lowest BCUT2D eigenvalue weighted by Gasteiger charge is -2.26. The summed E-state index contributed by atoms with van der Waals surface area (Å²) in [5.41, 5.74) is 0.443. The van der Waals surface area contributed by atoms with Crippen LogP contribution < -0.4 is 5.32 Å².